The number of allylic oxidation sites excluding steroid dienone is 1. The van der Waals surface area contributed by atoms with Crippen LogP contribution in [0.1, 0.15) is 33.6 Å². The first kappa shape index (κ1) is 12.7. The van der Waals surface area contributed by atoms with Crippen LogP contribution in [0, 0.1) is 0 Å². The fraction of sp³-hybridized carbons (Fsp3) is 0.818. The fourth-order valence-electron chi connectivity index (χ4n) is 1.41. The van der Waals surface area contributed by atoms with Gasteiger partial charge in [0.25, 0.3) is 0 Å². The van der Waals surface area contributed by atoms with Crippen molar-refractivity contribution in [3.63, 3.8) is 0 Å². The molecule has 1 saturated heterocycles. The lowest BCUT2D eigenvalue weighted by Crippen LogP contribution is -2.38. The Morgan fingerprint density at radius 3 is 2.08 bits per heavy atom. The Bertz CT molecular complexity index is 132. The summed E-state index contributed by atoms with van der Waals surface area (Å²) < 4.78 is 0. The van der Waals surface area contributed by atoms with E-state index in [1.54, 1.807) is 0 Å². The van der Waals surface area contributed by atoms with Crippen molar-refractivity contribution < 1.29 is 0 Å². The van der Waals surface area contributed by atoms with Crippen molar-refractivity contribution in [3.8, 4) is 0 Å². The monoisotopic (exact) mass is 184 g/mol. The summed E-state index contributed by atoms with van der Waals surface area (Å²) in [7, 11) is 2.16. The molecule has 0 spiro atoms. The third-order valence-corrected chi connectivity index (χ3v) is 2.19. The Hall–Kier alpha value is -0.340. The highest BCUT2D eigenvalue weighted by Gasteiger charge is 2.19. The number of hydrogen-bond acceptors (Lipinski definition) is 2. The molecule has 0 aromatic rings. The van der Waals surface area contributed by atoms with Gasteiger partial charge in [-0.15, -0.1) is 6.58 Å². The van der Waals surface area contributed by atoms with Gasteiger partial charge < -0.3 is 0 Å². The molecule has 0 aromatic heterocycles. The first-order valence-corrected chi connectivity index (χ1v) is 5.22. The predicted octanol–water partition coefficient (Wildman–Crippen LogP) is 2.53. The fourth-order valence-corrected chi connectivity index (χ4v) is 1.41. The summed E-state index contributed by atoms with van der Waals surface area (Å²) in [6, 6.07) is 0.678. The van der Waals surface area contributed by atoms with Gasteiger partial charge in [-0.3, -0.25) is 0 Å². The van der Waals surface area contributed by atoms with Crippen molar-refractivity contribution >= 4 is 0 Å². The van der Waals surface area contributed by atoms with E-state index in [0.29, 0.717) is 6.04 Å². The lowest BCUT2D eigenvalue weighted by molar-refractivity contribution is 0.0242. The molecular weight excluding hydrogens is 160 g/mol. The summed E-state index contributed by atoms with van der Waals surface area (Å²) in [6.07, 6.45) is 4.29. The Labute approximate surface area is 83.2 Å². The maximum Gasteiger partial charge on any atom is 0.0189 e. The highest BCUT2D eigenvalue weighted by molar-refractivity contribution is 4.66. The molecule has 2 heteroatoms. The van der Waals surface area contributed by atoms with E-state index in [1.165, 1.54) is 19.5 Å². The molecule has 0 unspecified atom stereocenters. The van der Waals surface area contributed by atoms with Crippen LogP contribution in [-0.2, 0) is 0 Å². The van der Waals surface area contributed by atoms with E-state index in [0.717, 1.165) is 6.42 Å². The SMILES string of the molecule is C=CCC.CC(C)N1CCCN1C. The molecule has 1 heterocycles. The second-order valence-electron chi connectivity index (χ2n) is 3.69. The van der Waals surface area contributed by atoms with Crippen LogP contribution in [0.25, 0.3) is 0 Å². The van der Waals surface area contributed by atoms with Crippen LogP contribution < -0.4 is 0 Å². The molecule has 1 rings (SSSR count). The highest BCUT2D eigenvalue weighted by atomic mass is 15.6. The minimum atomic E-state index is 0.678. The smallest absolute Gasteiger partial charge is 0.0189 e. The molecule has 0 amide bonds. The molecule has 0 bridgehead atoms. The molecule has 0 N–H and O–H groups in total. The lowest BCUT2D eigenvalue weighted by Gasteiger charge is -2.27. The molecule has 1 fully saturated rings. The maximum absolute atomic E-state index is 3.48. The third-order valence-electron chi connectivity index (χ3n) is 2.19. The zero-order valence-corrected chi connectivity index (χ0v) is 9.58. The first-order valence-electron chi connectivity index (χ1n) is 5.22. The van der Waals surface area contributed by atoms with E-state index in [-0.39, 0.29) is 0 Å². The molecule has 1 aliphatic heterocycles. The quantitative estimate of drug-likeness (QED) is 0.608. The summed E-state index contributed by atoms with van der Waals surface area (Å²) in [4.78, 5) is 0. The largest absolute Gasteiger partial charge is 0.245 e. The number of nitrogens with zero attached hydrogens (tertiary/aromatic N) is 2. The van der Waals surface area contributed by atoms with Crippen molar-refractivity contribution in [2.75, 3.05) is 20.1 Å². The minimum absolute atomic E-state index is 0.678. The third kappa shape index (κ3) is 5.06. The molecular formula is C11H24N2. The standard InChI is InChI=1S/C7H16N2.C4H8/c1-7(2)9-6-4-5-8(9)3;1-3-4-2/h7H,4-6H2,1-3H3;3H,1,4H2,2H3. The summed E-state index contributed by atoms with van der Waals surface area (Å²) >= 11 is 0. The van der Waals surface area contributed by atoms with E-state index in [1.807, 2.05) is 6.08 Å². The van der Waals surface area contributed by atoms with Crippen LogP contribution in [-0.4, -0.2) is 36.2 Å². The van der Waals surface area contributed by atoms with Gasteiger partial charge in [0.1, 0.15) is 0 Å². The van der Waals surface area contributed by atoms with E-state index >= 15 is 0 Å². The van der Waals surface area contributed by atoms with E-state index < -0.39 is 0 Å². The molecule has 2 nitrogen and oxygen atoms in total. The molecule has 0 radical (unpaired) electrons. The lowest BCUT2D eigenvalue weighted by atomic mass is 10.4. The molecule has 0 aromatic carbocycles. The Kier molecular flexibility index (Phi) is 6.92. The van der Waals surface area contributed by atoms with Gasteiger partial charge >= 0.3 is 0 Å². The molecule has 0 aliphatic carbocycles. The predicted molar refractivity (Wildman–Crippen MR) is 59.6 cm³/mol. The molecule has 0 saturated carbocycles. The van der Waals surface area contributed by atoms with Crippen molar-refractivity contribution in [2.45, 2.75) is 39.7 Å². The van der Waals surface area contributed by atoms with Gasteiger partial charge in [-0.25, -0.2) is 10.0 Å². The van der Waals surface area contributed by atoms with Crippen molar-refractivity contribution in [2.24, 2.45) is 0 Å². The summed E-state index contributed by atoms with van der Waals surface area (Å²) in [6.45, 7) is 12.5. The number of hydrazine groups is 1. The van der Waals surface area contributed by atoms with Gasteiger partial charge in [0.15, 0.2) is 0 Å². The van der Waals surface area contributed by atoms with Crippen LogP contribution in [0.4, 0.5) is 0 Å². The minimum Gasteiger partial charge on any atom is -0.245 e. The van der Waals surface area contributed by atoms with Gasteiger partial charge in [-0.1, -0.05) is 13.0 Å². The van der Waals surface area contributed by atoms with E-state index in [2.05, 4.69) is 44.4 Å². The normalized spacial score (nSPS) is 18.5. The van der Waals surface area contributed by atoms with E-state index in [4.69, 9.17) is 0 Å². The Balaban J connectivity index is 0.000000310. The molecule has 0 atom stereocenters. The number of hydrogen-bond donors (Lipinski definition) is 0. The second kappa shape index (κ2) is 7.10. The topological polar surface area (TPSA) is 6.48 Å². The van der Waals surface area contributed by atoms with Crippen LogP contribution in [0.15, 0.2) is 12.7 Å². The van der Waals surface area contributed by atoms with Crippen molar-refractivity contribution in [3.05, 3.63) is 12.7 Å². The van der Waals surface area contributed by atoms with Crippen molar-refractivity contribution in [1.82, 2.24) is 10.0 Å². The van der Waals surface area contributed by atoms with Gasteiger partial charge in [-0.2, -0.15) is 0 Å². The summed E-state index contributed by atoms with van der Waals surface area (Å²) in [5.41, 5.74) is 0. The van der Waals surface area contributed by atoms with Crippen LogP contribution in [0.2, 0.25) is 0 Å². The summed E-state index contributed by atoms with van der Waals surface area (Å²) in [5.74, 6) is 0. The summed E-state index contributed by atoms with van der Waals surface area (Å²) in [5, 5.41) is 4.71. The Morgan fingerprint density at radius 2 is 1.92 bits per heavy atom. The highest BCUT2D eigenvalue weighted by Crippen LogP contribution is 2.10. The second-order valence-corrected chi connectivity index (χ2v) is 3.69. The average Bonchev–Trinajstić information content (AvgIpc) is 2.52. The van der Waals surface area contributed by atoms with Crippen LogP contribution >= 0.6 is 0 Å². The van der Waals surface area contributed by atoms with Crippen molar-refractivity contribution in [1.29, 1.82) is 0 Å². The van der Waals surface area contributed by atoms with Gasteiger partial charge in [-0.05, 0) is 26.7 Å². The van der Waals surface area contributed by atoms with Gasteiger partial charge in [0.05, 0.1) is 0 Å². The zero-order valence-electron chi connectivity index (χ0n) is 9.58. The van der Waals surface area contributed by atoms with Crippen LogP contribution in [0.3, 0.4) is 0 Å². The Morgan fingerprint density at radius 1 is 1.38 bits per heavy atom. The first-order chi connectivity index (χ1) is 6.13. The maximum atomic E-state index is 3.48. The van der Waals surface area contributed by atoms with Crippen LogP contribution in [0.5, 0.6) is 0 Å². The zero-order chi connectivity index (χ0) is 10.3. The average molecular weight is 184 g/mol. The molecule has 78 valence electrons. The number of rotatable bonds is 2. The van der Waals surface area contributed by atoms with Gasteiger partial charge in [0, 0.05) is 26.2 Å². The van der Waals surface area contributed by atoms with E-state index in [9.17, 15) is 0 Å². The molecule has 13 heavy (non-hydrogen) atoms. The van der Waals surface area contributed by atoms with Gasteiger partial charge in [0.2, 0.25) is 0 Å². The molecule has 1 aliphatic rings.